The molecule has 0 atom stereocenters. The van der Waals surface area contributed by atoms with Gasteiger partial charge >= 0.3 is 0 Å². The summed E-state index contributed by atoms with van der Waals surface area (Å²) < 4.78 is 0. The zero-order valence-electron chi connectivity index (χ0n) is 8.29. The van der Waals surface area contributed by atoms with E-state index in [2.05, 4.69) is 18.7 Å². The van der Waals surface area contributed by atoms with E-state index in [-0.39, 0.29) is 5.78 Å². The molecule has 3 rings (SSSR count). The minimum atomic E-state index is 0.107. The maximum Gasteiger partial charge on any atom is 0.189 e. The molecule has 2 aromatic rings. The molecule has 0 aromatic heterocycles. The maximum absolute atomic E-state index is 11.7. The summed E-state index contributed by atoms with van der Waals surface area (Å²) in [5, 5.41) is 2.38. The third kappa shape index (κ3) is 1.06. The number of hydrogen-bond donors (Lipinski definition) is 0. The van der Waals surface area contributed by atoms with Gasteiger partial charge in [0.2, 0.25) is 0 Å². The van der Waals surface area contributed by atoms with Crippen LogP contribution in [0.15, 0.2) is 48.6 Å². The van der Waals surface area contributed by atoms with Crippen molar-refractivity contribution in [3.63, 3.8) is 0 Å². The van der Waals surface area contributed by atoms with Gasteiger partial charge in [-0.25, -0.2) is 0 Å². The normalized spacial score (nSPS) is 14.7. The summed E-state index contributed by atoms with van der Waals surface area (Å²) in [6, 6.07) is 12.1. The fourth-order valence-corrected chi connectivity index (χ4v) is 2.22. The zero-order valence-corrected chi connectivity index (χ0v) is 8.29. The van der Waals surface area contributed by atoms with Gasteiger partial charge in [0.25, 0.3) is 0 Å². The number of carbonyl (C=O) groups is 1. The molecular weight excluding hydrogens is 184 g/mol. The van der Waals surface area contributed by atoms with Crippen molar-refractivity contribution < 1.29 is 4.79 Å². The molecular formula is C14H10O. The molecule has 0 unspecified atom stereocenters. The van der Waals surface area contributed by atoms with E-state index >= 15 is 0 Å². The Balaban J connectivity index is 2.43. The largest absolute Gasteiger partial charge is 0.289 e. The quantitative estimate of drug-likeness (QED) is 0.589. The number of ketones is 1. The Labute approximate surface area is 88.0 Å². The molecule has 0 N–H and O–H groups in total. The van der Waals surface area contributed by atoms with Crippen molar-refractivity contribution in [1.82, 2.24) is 0 Å². The molecule has 0 fully saturated rings. The number of benzene rings is 2. The number of fused-ring (bicyclic) bond motifs is 3. The minimum Gasteiger partial charge on any atom is -0.289 e. The Kier molecular flexibility index (Phi) is 1.57. The number of hydrogen-bond acceptors (Lipinski definition) is 1. The van der Waals surface area contributed by atoms with Gasteiger partial charge in [-0.3, -0.25) is 4.79 Å². The van der Waals surface area contributed by atoms with Crippen LogP contribution in [0.2, 0.25) is 0 Å². The Bertz CT molecular complexity index is 593. The van der Waals surface area contributed by atoms with Crippen molar-refractivity contribution in [2.45, 2.75) is 6.42 Å². The van der Waals surface area contributed by atoms with E-state index < -0.39 is 0 Å². The van der Waals surface area contributed by atoms with E-state index in [4.69, 9.17) is 0 Å². The lowest BCUT2D eigenvalue weighted by Gasteiger charge is -2.02. The number of rotatable bonds is 0. The summed E-state index contributed by atoms with van der Waals surface area (Å²) in [4.78, 5) is 11.7. The third-order valence-corrected chi connectivity index (χ3v) is 3.00. The lowest BCUT2D eigenvalue weighted by molar-refractivity contribution is 0.104. The molecule has 1 aliphatic rings. The molecule has 0 spiro atoms. The van der Waals surface area contributed by atoms with Crippen molar-refractivity contribution in [2.24, 2.45) is 0 Å². The Morgan fingerprint density at radius 3 is 2.73 bits per heavy atom. The molecule has 0 saturated heterocycles. The van der Waals surface area contributed by atoms with Crippen molar-refractivity contribution in [2.75, 3.05) is 0 Å². The van der Waals surface area contributed by atoms with Crippen LogP contribution in [0.3, 0.4) is 0 Å². The van der Waals surface area contributed by atoms with E-state index in [0.717, 1.165) is 11.1 Å². The molecule has 0 saturated carbocycles. The van der Waals surface area contributed by atoms with Crippen LogP contribution in [0, 0.1) is 0 Å². The van der Waals surface area contributed by atoms with Crippen molar-refractivity contribution >= 4 is 16.6 Å². The van der Waals surface area contributed by atoms with Crippen molar-refractivity contribution in [3.8, 4) is 0 Å². The second-order valence-corrected chi connectivity index (χ2v) is 3.92. The molecule has 0 radical (unpaired) electrons. The first-order chi connectivity index (χ1) is 7.27. The lowest BCUT2D eigenvalue weighted by atomic mass is 10.0. The highest BCUT2D eigenvalue weighted by molar-refractivity contribution is 6.15. The van der Waals surface area contributed by atoms with Crippen LogP contribution in [-0.2, 0) is 6.42 Å². The number of carbonyl (C=O) groups excluding carboxylic acids is 1. The maximum atomic E-state index is 11.7. The molecule has 1 aliphatic carbocycles. The smallest absolute Gasteiger partial charge is 0.189 e. The molecule has 1 heteroatoms. The van der Waals surface area contributed by atoms with E-state index in [9.17, 15) is 4.79 Å². The summed E-state index contributed by atoms with van der Waals surface area (Å²) in [7, 11) is 0. The summed E-state index contributed by atoms with van der Waals surface area (Å²) in [5.74, 6) is 0.107. The predicted molar refractivity (Wildman–Crippen MR) is 61.1 cm³/mol. The van der Waals surface area contributed by atoms with E-state index in [1.165, 1.54) is 10.8 Å². The lowest BCUT2D eigenvalue weighted by Crippen LogP contribution is -1.93. The summed E-state index contributed by atoms with van der Waals surface area (Å²) >= 11 is 0. The van der Waals surface area contributed by atoms with Gasteiger partial charge < -0.3 is 0 Å². The highest BCUT2D eigenvalue weighted by Crippen LogP contribution is 2.31. The van der Waals surface area contributed by atoms with E-state index in [1.54, 1.807) is 0 Å². The van der Waals surface area contributed by atoms with Gasteiger partial charge in [-0.05, 0) is 21.9 Å². The Morgan fingerprint density at radius 1 is 1.07 bits per heavy atom. The first kappa shape index (κ1) is 8.42. The van der Waals surface area contributed by atoms with Gasteiger partial charge in [-0.1, -0.05) is 43.0 Å². The monoisotopic (exact) mass is 194 g/mol. The van der Waals surface area contributed by atoms with Crippen LogP contribution in [0.25, 0.3) is 10.8 Å². The van der Waals surface area contributed by atoms with E-state index in [1.807, 2.05) is 24.3 Å². The van der Waals surface area contributed by atoms with Crippen LogP contribution in [0.5, 0.6) is 0 Å². The Hall–Kier alpha value is -1.89. The fraction of sp³-hybridized carbons (Fsp3) is 0.0714. The van der Waals surface area contributed by atoms with Crippen LogP contribution in [0.1, 0.15) is 15.9 Å². The first-order valence-corrected chi connectivity index (χ1v) is 5.00. The standard InChI is InChI=1S/C14H10O/c1-9-8-13-11-5-3-2-4-10(11)6-7-12(13)14(9)15/h2-7H,1,8H2. The Morgan fingerprint density at radius 2 is 1.87 bits per heavy atom. The second kappa shape index (κ2) is 2.80. The summed E-state index contributed by atoms with van der Waals surface area (Å²) in [6.45, 7) is 3.81. The van der Waals surface area contributed by atoms with Gasteiger partial charge in [0, 0.05) is 12.0 Å². The zero-order chi connectivity index (χ0) is 10.4. The van der Waals surface area contributed by atoms with Crippen molar-refractivity contribution in [3.05, 3.63) is 59.7 Å². The summed E-state index contributed by atoms with van der Waals surface area (Å²) in [6.07, 6.45) is 0.704. The number of Topliss-reactive ketones (excluding diaryl/α,β-unsaturated/α-hetero) is 1. The molecule has 15 heavy (non-hydrogen) atoms. The number of allylic oxidation sites excluding steroid dienone is 1. The average molecular weight is 194 g/mol. The van der Waals surface area contributed by atoms with Gasteiger partial charge in [0.1, 0.15) is 0 Å². The molecule has 0 aliphatic heterocycles. The van der Waals surface area contributed by atoms with Gasteiger partial charge in [0.05, 0.1) is 0 Å². The first-order valence-electron chi connectivity index (χ1n) is 5.00. The van der Waals surface area contributed by atoms with Crippen LogP contribution in [0.4, 0.5) is 0 Å². The van der Waals surface area contributed by atoms with Crippen molar-refractivity contribution in [1.29, 1.82) is 0 Å². The fourth-order valence-electron chi connectivity index (χ4n) is 2.22. The molecule has 0 amide bonds. The second-order valence-electron chi connectivity index (χ2n) is 3.92. The summed E-state index contributed by atoms with van der Waals surface area (Å²) in [5.41, 5.74) is 2.68. The van der Waals surface area contributed by atoms with E-state index in [0.29, 0.717) is 12.0 Å². The highest BCUT2D eigenvalue weighted by Gasteiger charge is 2.24. The van der Waals surface area contributed by atoms with Gasteiger partial charge in [0.15, 0.2) is 5.78 Å². The van der Waals surface area contributed by atoms with Crippen LogP contribution >= 0.6 is 0 Å². The molecule has 2 aromatic carbocycles. The SMILES string of the molecule is C=C1Cc2c(ccc3ccccc23)C1=O. The molecule has 0 heterocycles. The molecule has 0 bridgehead atoms. The average Bonchev–Trinajstić information content (AvgIpc) is 2.56. The van der Waals surface area contributed by atoms with Gasteiger partial charge in [-0.2, -0.15) is 0 Å². The van der Waals surface area contributed by atoms with Crippen LogP contribution in [-0.4, -0.2) is 5.78 Å². The van der Waals surface area contributed by atoms with Crippen LogP contribution < -0.4 is 0 Å². The molecule has 72 valence electrons. The highest BCUT2D eigenvalue weighted by atomic mass is 16.1. The molecule has 1 nitrogen and oxygen atoms in total. The minimum absolute atomic E-state index is 0.107. The third-order valence-electron chi connectivity index (χ3n) is 3.00. The van der Waals surface area contributed by atoms with Gasteiger partial charge in [-0.15, -0.1) is 0 Å². The predicted octanol–water partition coefficient (Wildman–Crippen LogP) is 3.13. The topological polar surface area (TPSA) is 17.1 Å².